The molecule has 27 heavy (non-hydrogen) atoms. The first-order chi connectivity index (χ1) is 13.2. The zero-order chi connectivity index (χ0) is 18.6. The van der Waals surface area contributed by atoms with Crippen molar-refractivity contribution in [1.82, 2.24) is 25.2 Å². The summed E-state index contributed by atoms with van der Waals surface area (Å²) >= 11 is 0. The van der Waals surface area contributed by atoms with Crippen LogP contribution in [0.3, 0.4) is 0 Å². The van der Waals surface area contributed by atoms with Gasteiger partial charge in [-0.1, -0.05) is 12.1 Å². The molecule has 1 saturated heterocycles. The molecular weight excluding hydrogens is 340 g/mol. The Labute approximate surface area is 158 Å². The van der Waals surface area contributed by atoms with Crippen LogP contribution >= 0.6 is 0 Å². The summed E-state index contributed by atoms with van der Waals surface area (Å²) in [6, 6.07) is 11.5. The molecule has 3 heterocycles. The predicted molar refractivity (Wildman–Crippen MR) is 105 cm³/mol. The Balaban J connectivity index is 1.41. The maximum absolute atomic E-state index is 12.4. The number of hydrogen-bond acceptors (Lipinski definition) is 6. The standard InChI is InChI=1S/C20H22N6O/c1-25-8-10-26(11-9-25)19-12-15(6-7-21-19)13-23-20(27)18-14-22-16-4-2-3-5-17(16)24-18/h2-7,12,14H,8-11,13H2,1H3,(H,23,27). The first-order valence-electron chi connectivity index (χ1n) is 9.07. The number of fused-ring (bicyclic) bond motifs is 1. The second-order valence-electron chi connectivity index (χ2n) is 6.74. The number of nitrogens with zero attached hydrogens (tertiary/aromatic N) is 5. The van der Waals surface area contributed by atoms with Gasteiger partial charge in [0.1, 0.15) is 11.5 Å². The Morgan fingerprint density at radius 1 is 1.07 bits per heavy atom. The smallest absolute Gasteiger partial charge is 0.271 e. The lowest BCUT2D eigenvalue weighted by molar-refractivity contribution is 0.0946. The number of likely N-dealkylation sites (N-methyl/N-ethyl adjacent to an activating group) is 1. The van der Waals surface area contributed by atoms with E-state index in [-0.39, 0.29) is 5.91 Å². The van der Waals surface area contributed by atoms with E-state index in [1.807, 2.05) is 36.4 Å². The van der Waals surface area contributed by atoms with Crippen molar-refractivity contribution in [3.63, 3.8) is 0 Å². The van der Waals surface area contributed by atoms with Gasteiger partial charge in [0.2, 0.25) is 0 Å². The van der Waals surface area contributed by atoms with E-state index in [4.69, 9.17) is 0 Å². The number of benzene rings is 1. The molecule has 2 aromatic heterocycles. The van der Waals surface area contributed by atoms with Gasteiger partial charge >= 0.3 is 0 Å². The second-order valence-corrected chi connectivity index (χ2v) is 6.74. The summed E-state index contributed by atoms with van der Waals surface area (Å²) in [5.74, 6) is 0.728. The van der Waals surface area contributed by atoms with Crippen LogP contribution in [0.25, 0.3) is 11.0 Å². The Bertz CT molecular complexity index is 952. The van der Waals surface area contributed by atoms with Gasteiger partial charge < -0.3 is 15.1 Å². The zero-order valence-corrected chi connectivity index (χ0v) is 15.3. The average Bonchev–Trinajstić information content (AvgIpc) is 2.72. The molecule has 1 fully saturated rings. The van der Waals surface area contributed by atoms with Gasteiger partial charge in [-0.2, -0.15) is 0 Å². The number of piperazine rings is 1. The minimum absolute atomic E-state index is 0.230. The van der Waals surface area contributed by atoms with Crippen LogP contribution in [0.1, 0.15) is 16.1 Å². The van der Waals surface area contributed by atoms with Gasteiger partial charge in [-0.05, 0) is 36.9 Å². The highest BCUT2D eigenvalue weighted by atomic mass is 16.1. The third-order valence-corrected chi connectivity index (χ3v) is 4.77. The normalized spacial score (nSPS) is 15.1. The lowest BCUT2D eigenvalue weighted by atomic mass is 10.2. The molecule has 138 valence electrons. The first kappa shape index (κ1) is 17.4. The molecule has 4 rings (SSSR count). The minimum Gasteiger partial charge on any atom is -0.354 e. The number of anilines is 1. The average molecular weight is 362 g/mol. The molecule has 1 aliphatic heterocycles. The summed E-state index contributed by atoms with van der Waals surface area (Å²) in [6.45, 7) is 4.42. The van der Waals surface area contributed by atoms with Gasteiger partial charge in [-0.25, -0.2) is 9.97 Å². The molecule has 0 aliphatic carbocycles. The first-order valence-corrected chi connectivity index (χ1v) is 9.07. The van der Waals surface area contributed by atoms with Crippen molar-refractivity contribution in [3.05, 3.63) is 60.0 Å². The highest BCUT2D eigenvalue weighted by Gasteiger charge is 2.15. The number of para-hydroxylation sites is 2. The van der Waals surface area contributed by atoms with E-state index in [9.17, 15) is 4.79 Å². The molecule has 0 spiro atoms. The molecule has 7 heteroatoms. The van der Waals surface area contributed by atoms with Gasteiger partial charge in [-0.3, -0.25) is 9.78 Å². The maximum atomic E-state index is 12.4. The van der Waals surface area contributed by atoms with E-state index in [0.29, 0.717) is 17.8 Å². The number of amides is 1. The molecule has 7 nitrogen and oxygen atoms in total. The molecule has 0 saturated carbocycles. The van der Waals surface area contributed by atoms with Crippen LogP contribution in [0.2, 0.25) is 0 Å². The van der Waals surface area contributed by atoms with Gasteiger partial charge in [0.25, 0.3) is 5.91 Å². The maximum Gasteiger partial charge on any atom is 0.271 e. The van der Waals surface area contributed by atoms with Crippen LogP contribution in [-0.2, 0) is 6.54 Å². The fourth-order valence-corrected chi connectivity index (χ4v) is 3.12. The van der Waals surface area contributed by atoms with Crippen LogP contribution in [0.5, 0.6) is 0 Å². The Hall–Kier alpha value is -3.06. The minimum atomic E-state index is -0.230. The number of rotatable bonds is 4. The highest BCUT2D eigenvalue weighted by molar-refractivity contribution is 5.93. The van der Waals surface area contributed by atoms with Crippen molar-refractivity contribution in [1.29, 1.82) is 0 Å². The Morgan fingerprint density at radius 3 is 2.67 bits per heavy atom. The van der Waals surface area contributed by atoms with Crippen molar-refractivity contribution in [2.24, 2.45) is 0 Å². The summed E-state index contributed by atoms with van der Waals surface area (Å²) in [7, 11) is 2.13. The molecule has 1 amide bonds. The number of carbonyl (C=O) groups is 1. The van der Waals surface area contributed by atoms with Gasteiger partial charge in [0.15, 0.2) is 0 Å². The van der Waals surface area contributed by atoms with E-state index < -0.39 is 0 Å². The molecular formula is C20H22N6O. The van der Waals surface area contributed by atoms with Crippen molar-refractivity contribution in [2.45, 2.75) is 6.54 Å². The Kier molecular flexibility index (Phi) is 4.93. The number of nitrogens with one attached hydrogen (secondary N) is 1. The van der Waals surface area contributed by atoms with Gasteiger partial charge in [0, 0.05) is 38.9 Å². The number of hydrogen-bond donors (Lipinski definition) is 1. The summed E-state index contributed by atoms with van der Waals surface area (Å²) in [5.41, 5.74) is 2.83. The number of carbonyl (C=O) groups excluding carboxylic acids is 1. The summed E-state index contributed by atoms with van der Waals surface area (Å²) < 4.78 is 0. The van der Waals surface area contributed by atoms with Crippen LogP contribution in [-0.4, -0.2) is 59.0 Å². The van der Waals surface area contributed by atoms with Crippen LogP contribution in [0, 0.1) is 0 Å². The van der Waals surface area contributed by atoms with E-state index in [1.54, 1.807) is 6.20 Å². The SMILES string of the molecule is CN1CCN(c2cc(CNC(=O)c3cnc4ccccc4n3)ccn2)CC1. The summed E-state index contributed by atoms with van der Waals surface area (Å²) in [5, 5.41) is 2.92. The van der Waals surface area contributed by atoms with Crippen molar-refractivity contribution in [3.8, 4) is 0 Å². The molecule has 1 aliphatic rings. The third kappa shape index (κ3) is 4.03. The Morgan fingerprint density at radius 2 is 1.85 bits per heavy atom. The molecule has 0 atom stereocenters. The van der Waals surface area contributed by atoms with Gasteiger partial charge in [0.05, 0.1) is 17.2 Å². The van der Waals surface area contributed by atoms with E-state index in [2.05, 4.69) is 37.1 Å². The van der Waals surface area contributed by atoms with E-state index >= 15 is 0 Å². The van der Waals surface area contributed by atoms with Crippen LogP contribution in [0.4, 0.5) is 5.82 Å². The molecule has 3 aromatic rings. The highest BCUT2D eigenvalue weighted by Crippen LogP contribution is 2.15. The van der Waals surface area contributed by atoms with Gasteiger partial charge in [-0.15, -0.1) is 0 Å². The quantitative estimate of drug-likeness (QED) is 0.762. The van der Waals surface area contributed by atoms with Crippen LogP contribution in [0.15, 0.2) is 48.8 Å². The third-order valence-electron chi connectivity index (χ3n) is 4.77. The summed E-state index contributed by atoms with van der Waals surface area (Å²) in [4.78, 5) is 30.2. The van der Waals surface area contributed by atoms with E-state index in [1.165, 1.54) is 6.20 Å². The second kappa shape index (κ2) is 7.67. The summed E-state index contributed by atoms with van der Waals surface area (Å²) in [6.07, 6.45) is 3.31. The topological polar surface area (TPSA) is 74.2 Å². The molecule has 1 aromatic carbocycles. The van der Waals surface area contributed by atoms with Crippen molar-refractivity contribution >= 4 is 22.8 Å². The van der Waals surface area contributed by atoms with Crippen molar-refractivity contribution < 1.29 is 4.79 Å². The number of aromatic nitrogens is 3. The zero-order valence-electron chi connectivity index (χ0n) is 15.3. The molecule has 0 bridgehead atoms. The van der Waals surface area contributed by atoms with Crippen molar-refractivity contribution in [2.75, 3.05) is 38.1 Å². The monoisotopic (exact) mass is 362 g/mol. The predicted octanol–water partition coefficient (Wildman–Crippen LogP) is 1.71. The lowest BCUT2D eigenvalue weighted by Gasteiger charge is -2.33. The number of pyridine rings is 1. The molecule has 0 radical (unpaired) electrons. The lowest BCUT2D eigenvalue weighted by Crippen LogP contribution is -2.44. The van der Waals surface area contributed by atoms with Crippen LogP contribution < -0.4 is 10.2 Å². The van der Waals surface area contributed by atoms with E-state index in [0.717, 1.165) is 43.1 Å². The molecule has 1 N–H and O–H groups in total. The fraction of sp³-hybridized carbons (Fsp3) is 0.300. The molecule has 0 unspecified atom stereocenters. The fourth-order valence-electron chi connectivity index (χ4n) is 3.12. The largest absolute Gasteiger partial charge is 0.354 e.